The number of Topliss-reactive ketones (excluding diaryl/α,β-unsaturated/α-hetero) is 2. The molecule has 1 aromatic rings. The van der Waals surface area contributed by atoms with Gasteiger partial charge in [-0.25, -0.2) is 9.18 Å². The number of carbonyl (C=O) groups is 4. The fraction of sp³-hybridized carbons (Fsp3) is 0.657. The molecule has 9 atom stereocenters. The number of nitrogens with zero attached hydrogens (tertiary/aromatic N) is 1. The predicted octanol–water partition coefficient (Wildman–Crippen LogP) is 5.71. The van der Waals surface area contributed by atoms with Gasteiger partial charge in [-0.15, -0.1) is 6.58 Å². The first-order valence-corrected chi connectivity index (χ1v) is 16.6. The van der Waals surface area contributed by atoms with Crippen LogP contribution in [0.3, 0.4) is 0 Å². The van der Waals surface area contributed by atoms with Crippen LogP contribution in [-0.2, 0) is 23.9 Å². The smallest absolute Gasteiger partial charge is 0.344 e. The summed E-state index contributed by atoms with van der Waals surface area (Å²) in [6.45, 7) is 11.5. The zero-order valence-corrected chi connectivity index (χ0v) is 27.2. The largest absolute Gasteiger partial charge is 0.459 e. The van der Waals surface area contributed by atoms with Gasteiger partial charge in [-0.05, 0) is 67.9 Å². The number of rotatable bonds is 6. The molecule has 2 bridgehead atoms. The van der Waals surface area contributed by atoms with E-state index >= 15 is 0 Å². The first-order valence-electron chi connectivity index (χ1n) is 16.2. The maximum absolute atomic E-state index is 14.3. The second-order valence-corrected chi connectivity index (χ2v) is 15.2. The zero-order chi connectivity index (χ0) is 32.6. The number of ketones is 2. The van der Waals surface area contributed by atoms with Crippen molar-refractivity contribution in [2.45, 2.75) is 90.9 Å². The van der Waals surface area contributed by atoms with Crippen LogP contribution in [0.25, 0.3) is 0 Å². The van der Waals surface area contributed by atoms with Crippen molar-refractivity contribution in [3.63, 3.8) is 0 Å². The van der Waals surface area contributed by atoms with Gasteiger partial charge in [0.05, 0.1) is 11.1 Å². The summed E-state index contributed by atoms with van der Waals surface area (Å²) in [6.07, 6.45) is 4.80. The van der Waals surface area contributed by atoms with E-state index in [1.165, 1.54) is 6.07 Å². The van der Waals surface area contributed by atoms with Gasteiger partial charge in [0.15, 0.2) is 12.4 Å². The number of benzene rings is 1. The number of carbonyl (C=O) groups excluding carboxylic acids is 4. The van der Waals surface area contributed by atoms with E-state index in [4.69, 9.17) is 21.1 Å². The van der Waals surface area contributed by atoms with Gasteiger partial charge < -0.3 is 19.5 Å². The molecule has 0 saturated heterocycles. The van der Waals surface area contributed by atoms with Gasteiger partial charge in [0, 0.05) is 47.0 Å². The molecule has 45 heavy (non-hydrogen) atoms. The molecule has 0 radical (unpaired) electrons. The lowest BCUT2D eigenvalue weighted by Crippen LogP contribution is -2.63. The molecule has 1 aromatic carbocycles. The number of anilines is 1. The number of aliphatic hydroxyl groups excluding tert-OH is 1. The molecule has 0 amide bonds. The minimum absolute atomic E-state index is 0.0465. The quantitative estimate of drug-likeness (QED) is 0.239. The molecule has 1 unspecified atom stereocenters. The summed E-state index contributed by atoms with van der Waals surface area (Å²) in [4.78, 5) is 55.4. The van der Waals surface area contributed by atoms with Gasteiger partial charge in [0.25, 0.3) is 0 Å². The summed E-state index contributed by atoms with van der Waals surface area (Å²) < 4.78 is 25.8. The van der Waals surface area contributed by atoms with Crippen molar-refractivity contribution in [2.24, 2.45) is 39.9 Å². The Hall–Kier alpha value is -2.78. The van der Waals surface area contributed by atoms with E-state index in [-0.39, 0.29) is 53.1 Å². The van der Waals surface area contributed by atoms with E-state index in [0.29, 0.717) is 24.9 Å². The number of aliphatic hydroxyl groups is 1. The topological polar surface area (TPSA) is 110 Å². The number of hydrogen-bond donors (Lipinski definition) is 1. The number of hydrogen-bond acceptors (Lipinski definition) is 8. The normalized spacial score (nSPS) is 39.3. The SMILES string of the molecule is C=C[C@]1(C)C[C@@H](OC(=O)COC(=O)C2CN(C3CC3)c3cc(Cl)c(F)cc3C2=O)[C@]2(C)CC[C@H](C)[C@@]3(CCC(=O)[C@@H]23)[C@@H](C)[C@@H]1O. The Labute approximate surface area is 268 Å². The maximum Gasteiger partial charge on any atom is 0.344 e. The third-order valence-electron chi connectivity index (χ3n) is 12.4. The molecule has 8 nitrogen and oxygen atoms in total. The first-order chi connectivity index (χ1) is 21.2. The lowest BCUT2D eigenvalue weighted by atomic mass is 9.43. The van der Waals surface area contributed by atoms with Crippen LogP contribution in [-0.4, -0.2) is 60.0 Å². The van der Waals surface area contributed by atoms with Crippen molar-refractivity contribution in [3.8, 4) is 0 Å². The molecule has 0 aromatic heterocycles. The van der Waals surface area contributed by atoms with E-state index in [1.54, 1.807) is 6.08 Å². The van der Waals surface area contributed by atoms with Gasteiger partial charge in [-0.2, -0.15) is 0 Å². The highest BCUT2D eigenvalue weighted by atomic mass is 35.5. The average molecular weight is 644 g/mol. The average Bonchev–Trinajstić information content (AvgIpc) is 3.79. The highest BCUT2D eigenvalue weighted by molar-refractivity contribution is 6.31. The molecular formula is C35H43ClFNO7. The molecule has 4 aliphatic carbocycles. The van der Waals surface area contributed by atoms with E-state index in [9.17, 15) is 28.7 Å². The van der Waals surface area contributed by atoms with Gasteiger partial charge in [-0.1, -0.05) is 45.4 Å². The molecule has 4 fully saturated rings. The van der Waals surface area contributed by atoms with Crippen LogP contribution in [0.2, 0.25) is 5.02 Å². The van der Waals surface area contributed by atoms with Crippen molar-refractivity contribution in [3.05, 3.63) is 41.2 Å². The van der Waals surface area contributed by atoms with Crippen molar-refractivity contribution < 1.29 is 38.1 Å². The van der Waals surface area contributed by atoms with Crippen LogP contribution >= 0.6 is 11.6 Å². The lowest BCUT2D eigenvalue weighted by molar-refractivity contribution is -0.207. The molecule has 1 heterocycles. The number of fused-ring (bicyclic) bond motifs is 1. The van der Waals surface area contributed by atoms with E-state index < -0.39 is 64.5 Å². The molecule has 6 rings (SSSR count). The molecule has 4 saturated carbocycles. The third-order valence-corrected chi connectivity index (χ3v) is 12.7. The van der Waals surface area contributed by atoms with Crippen LogP contribution in [0.1, 0.15) is 83.0 Å². The van der Waals surface area contributed by atoms with Crippen LogP contribution in [0, 0.1) is 45.7 Å². The Morgan fingerprint density at radius 1 is 1.18 bits per heavy atom. The summed E-state index contributed by atoms with van der Waals surface area (Å²) >= 11 is 6.00. The van der Waals surface area contributed by atoms with Crippen LogP contribution in [0.4, 0.5) is 10.1 Å². The van der Waals surface area contributed by atoms with Crippen molar-refractivity contribution in [1.29, 1.82) is 0 Å². The second kappa shape index (κ2) is 11.2. The second-order valence-electron chi connectivity index (χ2n) is 14.8. The summed E-state index contributed by atoms with van der Waals surface area (Å²) in [7, 11) is 0. The Bertz CT molecular complexity index is 1460. The van der Waals surface area contributed by atoms with E-state index in [1.807, 2.05) is 25.7 Å². The molecule has 0 spiro atoms. The zero-order valence-electron chi connectivity index (χ0n) is 26.4. The Morgan fingerprint density at radius 3 is 2.56 bits per heavy atom. The molecular weight excluding hydrogens is 601 g/mol. The van der Waals surface area contributed by atoms with Gasteiger partial charge in [0.2, 0.25) is 0 Å². The van der Waals surface area contributed by atoms with E-state index in [0.717, 1.165) is 25.3 Å². The van der Waals surface area contributed by atoms with Gasteiger partial charge >= 0.3 is 11.9 Å². The number of halogens is 2. The molecule has 5 aliphatic rings. The summed E-state index contributed by atoms with van der Waals surface area (Å²) in [5.41, 5.74) is -1.35. The highest BCUT2D eigenvalue weighted by Gasteiger charge is 2.68. The minimum Gasteiger partial charge on any atom is -0.459 e. The summed E-state index contributed by atoms with van der Waals surface area (Å²) in [5, 5.41) is 11.6. The van der Waals surface area contributed by atoms with Gasteiger partial charge in [0.1, 0.15) is 23.6 Å². The van der Waals surface area contributed by atoms with Crippen LogP contribution < -0.4 is 4.90 Å². The Balaban J connectivity index is 1.22. The fourth-order valence-electron chi connectivity index (χ4n) is 9.54. The number of esters is 2. The third kappa shape index (κ3) is 4.95. The first kappa shape index (κ1) is 32.2. The highest BCUT2D eigenvalue weighted by Crippen LogP contribution is 2.68. The minimum atomic E-state index is -1.23. The van der Waals surface area contributed by atoms with Crippen LogP contribution in [0.5, 0.6) is 0 Å². The number of ether oxygens (including phenoxy) is 2. The molecule has 1 N–H and O–H groups in total. The van der Waals surface area contributed by atoms with Crippen molar-refractivity contribution in [1.82, 2.24) is 0 Å². The maximum atomic E-state index is 14.3. The van der Waals surface area contributed by atoms with E-state index in [2.05, 4.69) is 13.5 Å². The summed E-state index contributed by atoms with van der Waals surface area (Å²) in [6, 6.07) is 2.58. The predicted molar refractivity (Wildman–Crippen MR) is 165 cm³/mol. The standard InChI is InChI=1S/C35H43ClFNO7/c1-6-33(4)15-27(34(5)11-9-18(2)35(19(3)31(33)42)12-10-26(39)30(34)35)45-28(40)17-44-32(43)22-16-38(20-7-8-20)25-14-23(36)24(37)13-21(25)29(22)41/h6,13-14,18-20,22,27,30-31,42H,1,7-12,15-17H2,2-5H3/t18-,19-,22?,27+,30-,31-,33+,34-,35-/m0/s1. The lowest BCUT2D eigenvalue weighted by Gasteiger charge is -2.62. The Kier molecular flexibility index (Phi) is 7.99. The molecule has 10 heteroatoms. The van der Waals surface area contributed by atoms with Crippen LogP contribution in [0.15, 0.2) is 24.8 Å². The molecule has 1 aliphatic heterocycles. The Morgan fingerprint density at radius 2 is 1.89 bits per heavy atom. The summed E-state index contributed by atoms with van der Waals surface area (Å²) in [5.74, 6) is -4.44. The van der Waals surface area contributed by atoms with Crippen molar-refractivity contribution >= 4 is 40.8 Å². The fourth-order valence-corrected chi connectivity index (χ4v) is 9.70. The monoisotopic (exact) mass is 643 g/mol. The van der Waals surface area contributed by atoms with Crippen molar-refractivity contribution in [2.75, 3.05) is 18.1 Å². The van der Waals surface area contributed by atoms with Gasteiger partial charge in [-0.3, -0.25) is 14.4 Å². The molecule has 244 valence electrons.